The number of allylic oxidation sites excluding steroid dienone is 4. The molecule has 336 valence electrons. The first-order chi connectivity index (χ1) is 33.5. The van der Waals surface area contributed by atoms with Crippen molar-refractivity contribution >= 4 is 5.57 Å². The summed E-state index contributed by atoms with van der Waals surface area (Å²) in [6.45, 7) is 0. The molecular weight excluding hydrogens is 871 g/mol. The average molecular weight is 913 g/mol. The molecule has 0 fully saturated rings. The summed E-state index contributed by atoms with van der Waals surface area (Å²) < 4.78 is 101. The van der Waals surface area contributed by atoms with E-state index in [1.807, 2.05) is 140 Å². The van der Waals surface area contributed by atoms with Gasteiger partial charge in [0.25, 0.3) is 0 Å². The van der Waals surface area contributed by atoms with Gasteiger partial charge >= 0.3 is 12.4 Å². The van der Waals surface area contributed by atoms with Crippen LogP contribution in [0.1, 0.15) is 29.5 Å². The summed E-state index contributed by atoms with van der Waals surface area (Å²) in [4.78, 5) is 0. The molecule has 0 unspecified atom stereocenters. The molecule has 0 atom stereocenters. The van der Waals surface area contributed by atoms with Crippen molar-refractivity contribution in [3.8, 4) is 89.0 Å². The van der Waals surface area contributed by atoms with Gasteiger partial charge in [-0.1, -0.05) is 170 Å². The minimum absolute atomic E-state index is 0.0948. The van der Waals surface area contributed by atoms with Crippen LogP contribution in [-0.4, -0.2) is 12.4 Å². The Hall–Kier alpha value is -7.96. The molecule has 0 radical (unpaired) electrons. The molecule has 69 heavy (non-hydrogen) atoms. The Bertz CT molecular complexity index is 3350. The lowest BCUT2D eigenvalue weighted by Gasteiger charge is -2.36. The zero-order chi connectivity index (χ0) is 47.3. The fourth-order valence-corrected chi connectivity index (χ4v) is 10.4. The van der Waals surface area contributed by atoms with Crippen molar-refractivity contribution in [1.29, 1.82) is 0 Å². The van der Waals surface area contributed by atoms with E-state index in [-0.39, 0.29) is 33.4 Å². The fraction of sp³-hybridized carbons (Fsp3) is 0.0794. The number of hydrogen-bond acceptors (Lipinski definition) is 0. The van der Waals surface area contributed by atoms with Crippen molar-refractivity contribution in [3.63, 3.8) is 0 Å². The van der Waals surface area contributed by atoms with E-state index in [1.165, 1.54) is 6.07 Å². The van der Waals surface area contributed by atoms with Gasteiger partial charge in [-0.15, -0.1) is 0 Å². The molecule has 0 nitrogen and oxygen atoms in total. The third-order valence-electron chi connectivity index (χ3n) is 13.6. The van der Waals surface area contributed by atoms with Crippen molar-refractivity contribution in [2.75, 3.05) is 0 Å². The third kappa shape index (κ3) is 7.70. The van der Waals surface area contributed by atoms with Crippen LogP contribution in [0.5, 0.6) is 0 Å². The second kappa shape index (κ2) is 17.3. The highest BCUT2D eigenvalue weighted by atomic mass is 19.4. The molecule has 2 aliphatic rings. The van der Waals surface area contributed by atoms with Gasteiger partial charge in [0.2, 0.25) is 5.41 Å². The van der Waals surface area contributed by atoms with Crippen molar-refractivity contribution in [2.45, 2.75) is 30.6 Å². The molecule has 0 aliphatic heterocycles. The van der Waals surface area contributed by atoms with Crippen LogP contribution in [-0.2, 0) is 5.41 Å². The van der Waals surface area contributed by atoms with Crippen LogP contribution >= 0.6 is 0 Å². The van der Waals surface area contributed by atoms with Crippen LogP contribution < -0.4 is 0 Å². The van der Waals surface area contributed by atoms with Crippen LogP contribution in [0.3, 0.4) is 0 Å². The Morgan fingerprint density at radius 1 is 0.319 bits per heavy atom. The van der Waals surface area contributed by atoms with Crippen LogP contribution in [0.15, 0.2) is 231 Å². The van der Waals surface area contributed by atoms with Gasteiger partial charge in [-0.3, -0.25) is 0 Å². The topological polar surface area (TPSA) is 0 Å². The molecule has 9 aromatic carbocycles. The number of hydrogen-bond donors (Lipinski definition) is 0. The molecule has 0 bridgehead atoms. The van der Waals surface area contributed by atoms with E-state index >= 15 is 26.3 Å². The second-order valence-corrected chi connectivity index (χ2v) is 17.7. The summed E-state index contributed by atoms with van der Waals surface area (Å²) >= 11 is 0. The number of fused-ring (bicyclic) bond motifs is 3. The summed E-state index contributed by atoms with van der Waals surface area (Å²) in [6, 6.07) is 63.7. The monoisotopic (exact) mass is 912 g/mol. The lowest BCUT2D eigenvalue weighted by molar-refractivity contribution is -0.287. The normalized spacial score (nSPS) is 14.0. The van der Waals surface area contributed by atoms with E-state index in [1.54, 1.807) is 72.8 Å². The van der Waals surface area contributed by atoms with Gasteiger partial charge in [-0.2, -0.15) is 26.3 Å². The summed E-state index contributed by atoms with van der Waals surface area (Å²) in [5.74, 6) is 0. The Balaban J connectivity index is 1.26. The molecule has 0 saturated carbocycles. The lowest BCUT2D eigenvalue weighted by Crippen LogP contribution is -2.53. The third-order valence-corrected chi connectivity index (χ3v) is 13.6. The first-order valence-corrected chi connectivity index (χ1v) is 22.9. The molecule has 11 rings (SSSR count). The van der Waals surface area contributed by atoms with E-state index in [4.69, 9.17) is 0 Å². The van der Waals surface area contributed by atoms with Gasteiger partial charge in [0, 0.05) is 0 Å². The molecular formula is C63H42F6. The first kappa shape index (κ1) is 43.6. The Kier molecular flexibility index (Phi) is 10.9. The maximum atomic E-state index is 16.8. The van der Waals surface area contributed by atoms with Gasteiger partial charge in [0.15, 0.2) is 0 Å². The molecule has 2 aliphatic carbocycles. The van der Waals surface area contributed by atoms with Crippen LogP contribution in [0.2, 0.25) is 0 Å². The highest BCUT2D eigenvalue weighted by Crippen LogP contribution is 2.67. The number of rotatable bonds is 8. The van der Waals surface area contributed by atoms with Crippen LogP contribution in [0, 0.1) is 0 Å². The number of halogens is 6. The maximum Gasteiger partial charge on any atom is 0.411 e. The predicted molar refractivity (Wildman–Crippen MR) is 269 cm³/mol. The van der Waals surface area contributed by atoms with E-state index in [0.717, 1.165) is 63.4 Å². The highest BCUT2D eigenvalue weighted by molar-refractivity contribution is 6.03. The van der Waals surface area contributed by atoms with E-state index in [0.29, 0.717) is 22.3 Å². The van der Waals surface area contributed by atoms with Crippen molar-refractivity contribution in [1.82, 2.24) is 0 Å². The second-order valence-electron chi connectivity index (χ2n) is 17.7. The molecule has 0 N–H and O–H groups in total. The Labute approximate surface area is 397 Å². The van der Waals surface area contributed by atoms with Crippen LogP contribution in [0.4, 0.5) is 26.3 Å². The zero-order valence-electron chi connectivity index (χ0n) is 37.1. The minimum atomic E-state index is -5.85. The van der Waals surface area contributed by atoms with Gasteiger partial charge < -0.3 is 0 Å². The summed E-state index contributed by atoms with van der Waals surface area (Å²) in [5, 5.41) is 0. The van der Waals surface area contributed by atoms with Gasteiger partial charge in [0.05, 0.1) is 0 Å². The molecule has 9 aromatic rings. The largest absolute Gasteiger partial charge is 0.411 e. The van der Waals surface area contributed by atoms with Crippen molar-refractivity contribution in [2.24, 2.45) is 0 Å². The lowest BCUT2D eigenvalue weighted by atomic mass is 9.74. The first-order valence-electron chi connectivity index (χ1n) is 22.9. The van der Waals surface area contributed by atoms with Crippen LogP contribution in [0.25, 0.3) is 94.6 Å². The van der Waals surface area contributed by atoms with Gasteiger partial charge in [0.1, 0.15) is 0 Å². The molecule has 0 spiro atoms. The van der Waals surface area contributed by atoms with Gasteiger partial charge in [-0.05, 0) is 185 Å². The summed E-state index contributed by atoms with van der Waals surface area (Å²) in [5.41, 5.74) is 3.43. The summed E-state index contributed by atoms with van der Waals surface area (Å²) in [7, 11) is 0. The summed E-state index contributed by atoms with van der Waals surface area (Å²) in [6.07, 6.45) is -4.08. The molecule has 0 amide bonds. The molecule has 0 aromatic heterocycles. The highest BCUT2D eigenvalue weighted by Gasteiger charge is 2.76. The molecule has 0 heterocycles. The van der Waals surface area contributed by atoms with E-state index in [9.17, 15) is 0 Å². The molecule has 6 heteroatoms. The quantitative estimate of drug-likeness (QED) is 0.133. The predicted octanol–water partition coefficient (Wildman–Crippen LogP) is 18.5. The Morgan fingerprint density at radius 2 is 0.623 bits per heavy atom. The number of benzene rings is 9. The standard InChI is InChI=1S/C63H42F6/c64-62(65,66)61(63(67,68)69)57-39-53(51-33-47(41-19-7-1-8-20-41)31-48(34-51)42-21-9-2-10-22-42)37-55(45-27-15-5-16-28-45)59(57)60-56(46-29-17-6-18-30-46)38-54(40-58(60)61)52-35-49(43-23-11-3-12-24-43)32-50(36-52)44-25-13-4-14-26-44/h1-13,15-25,27-40H,14,26H2. The zero-order valence-corrected chi connectivity index (χ0v) is 37.1. The van der Waals surface area contributed by atoms with Gasteiger partial charge in [-0.25, -0.2) is 0 Å². The Morgan fingerprint density at radius 3 is 0.942 bits per heavy atom. The average Bonchev–Trinajstić information content (AvgIpc) is 3.72. The smallest absolute Gasteiger partial charge is 0.169 e. The van der Waals surface area contributed by atoms with E-state index in [2.05, 4.69) is 6.08 Å². The van der Waals surface area contributed by atoms with Crippen molar-refractivity contribution < 1.29 is 26.3 Å². The SMILES string of the molecule is FC(F)(F)C1(C(F)(F)F)c2cc(-c3cc(C4=CC=CCC4)cc(-c4ccccc4)c3)cc(-c3ccccc3)c2-c2c(-c3ccccc3)cc(-c3cc(-c4ccccc4)cc(-c4ccccc4)c3)cc21. The maximum absolute atomic E-state index is 16.8. The molecule has 0 saturated heterocycles. The van der Waals surface area contributed by atoms with Crippen molar-refractivity contribution in [3.05, 3.63) is 247 Å². The number of alkyl halides is 6. The minimum Gasteiger partial charge on any atom is -0.169 e. The van der Waals surface area contributed by atoms with E-state index < -0.39 is 28.9 Å². The fourth-order valence-electron chi connectivity index (χ4n) is 10.4.